The van der Waals surface area contributed by atoms with Crippen LogP contribution in [0.5, 0.6) is 0 Å². The first-order valence-corrected chi connectivity index (χ1v) is 5.09. The van der Waals surface area contributed by atoms with E-state index in [1.165, 1.54) is 5.56 Å². The van der Waals surface area contributed by atoms with Gasteiger partial charge in [-0.15, -0.1) is 0 Å². The van der Waals surface area contributed by atoms with Crippen LogP contribution in [0, 0.1) is 11.3 Å². The molecule has 0 amide bonds. The molecule has 76 valence electrons. The molecule has 0 heterocycles. The fraction of sp³-hybridized carbons (Fsp3) is 0.462. The van der Waals surface area contributed by atoms with E-state index in [0.717, 1.165) is 12.7 Å². The molecule has 1 aromatic carbocycles. The minimum atomic E-state index is -0.235. The summed E-state index contributed by atoms with van der Waals surface area (Å²) in [7, 11) is 0. The van der Waals surface area contributed by atoms with Crippen LogP contribution in [0.4, 0.5) is 0 Å². The SMILES string of the molecule is CC(C)C(C)(C=O)Cc1ccccc1. The topological polar surface area (TPSA) is 17.1 Å². The molecular weight excluding hydrogens is 172 g/mol. The van der Waals surface area contributed by atoms with Crippen molar-refractivity contribution in [3.63, 3.8) is 0 Å². The van der Waals surface area contributed by atoms with Gasteiger partial charge in [0, 0.05) is 5.41 Å². The standard InChI is InChI=1S/C13H18O/c1-11(2)13(3,10-14)9-12-7-5-4-6-8-12/h4-8,10-11H,9H2,1-3H3. The first-order valence-electron chi connectivity index (χ1n) is 5.09. The lowest BCUT2D eigenvalue weighted by molar-refractivity contribution is -0.117. The van der Waals surface area contributed by atoms with Crippen molar-refractivity contribution in [1.82, 2.24) is 0 Å². The summed E-state index contributed by atoms with van der Waals surface area (Å²) >= 11 is 0. The quantitative estimate of drug-likeness (QED) is 0.667. The predicted molar refractivity (Wildman–Crippen MR) is 59.2 cm³/mol. The highest BCUT2D eigenvalue weighted by Gasteiger charge is 2.27. The zero-order valence-corrected chi connectivity index (χ0v) is 9.16. The minimum Gasteiger partial charge on any atom is -0.303 e. The normalized spacial score (nSPS) is 15.1. The van der Waals surface area contributed by atoms with Crippen LogP contribution < -0.4 is 0 Å². The molecule has 0 radical (unpaired) electrons. The largest absolute Gasteiger partial charge is 0.303 e. The Kier molecular flexibility index (Phi) is 3.45. The molecule has 1 aromatic rings. The smallest absolute Gasteiger partial charge is 0.126 e. The second kappa shape index (κ2) is 4.41. The van der Waals surface area contributed by atoms with E-state index in [4.69, 9.17) is 0 Å². The molecule has 1 nitrogen and oxygen atoms in total. The summed E-state index contributed by atoms with van der Waals surface area (Å²) in [6.45, 7) is 6.21. The second-order valence-electron chi connectivity index (χ2n) is 4.44. The number of rotatable bonds is 4. The highest BCUT2D eigenvalue weighted by molar-refractivity contribution is 5.60. The second-order valence-corrected chi connectivity index (χ2v) is 4.44. The molecule has 0 bridgehead atoms. The van der Waals surface area contributed by atoms with Crippen molar-refractivity contribution in [3.8, 4) is 0 Å². The van der Waals surface area contributed by atoms with E-state index in [1.807, 2.05) is 25.1 Å². The predicted octanol–water partition coefficient (Wildman–Crippen LogP) is 3.09. The molecule has 0 spiro atoms. The van der Waals surface area contributed by atoms with Crippen LogP contribution in [0.3, 0.4) is 0 Å². The monoisotopic (exact) mass is 190 g/mol. The van der Waals surface area contributed by atoms with E-state index >= 15 is 0 Å². The van der Waals surface area contributed by atoms with Gasteiger partial charge in [-0.3, -0.25) is 0 Å². The van der Waals surface area contributed by atoms with Crippen LogP contribution in [0.1, 0.15) is 26.3 Å². The molecular formula is C13H18O. The molecule has 1 unspecified atom stereocenters. The van der Waals surface area contributed by atoms with Gasteiger partial charge < -0.3 is 4.79 Å². The zero-order valence-electron chi connectivity index (χ0n) is 9.16. The molecule has 0 aliphatic rings. The molecule has 1 atom stereocenters. The number of aldehydes is 1. The molecule has 14 heavy (non-hydrogen) atoms. The molecule has 0 saturated carbocycles. The Hall–Kier alpha value is -1.11. The summed E-state index contributed by atoms with van der Waals surface area (Å²) in [6, 6.07) is 10.2. The first-order chi connectivity index (χ1) is 6.58. The highest BCUT2D eigenvalue weighted by atomic mass is 16.1. The van der Waals surface area contributed by atoms with Crippen molar-refractivity contribution >= 4 is 6.29 Å². The van der Waals surface area contributed by atoms with Crippen LogP contribution in [0.25, 0.3) is 0 Å². The van der Waals surface area contributed by atoms with Gasteiger partial charge in [0.25, 0.3) is 0 Å². The van der Waals surface area contributed by atoms with E-state index in [1.54, 1.807) is 0 Å². The van der Waals surface area contributed by atoms with E-state index in [-0.39, 0.29) is 5.41 Å². The average molecular weight is 190 g/mol. The van der Waals surface area contributed by atoms with Gasteiger partial charge in [0.05, 0.1) is 0 Å². The van der Waals surface area contributed by atoms with Crippen LogP contribution in [-0.4, -0.2) is 6.29 Å². The maximum absolute atomic E-state index is 11.1. The fourth-order valence-electron chi connectivity index (χ4n) is 1.42. The van der Waals surface area contributed by atoms with Gasteiger partial charge in [0.15, 0.2) is 0 Å². The Bertz CT molecular complexity index is 289. The summed E-state index contributed by atoms with van der Waals surface area (Å²) in [5, 5.41) is 0. The van der Waals surface area contributed by atoms with E-state index in [0.29, 0.717) is 5.92 Å². The van der Waals surface area contributed by atoms with Crippen molar-refractivity contribution in [2.45, 2.75) is 27.2 Å². The lowest BCUT2D eigenvalue weighted by Gasteiger charge is -2.27. The average Bonchev–Trinajstić information content (AvgIpc) is 2.19. The lowest BCUT2D eigenvalue weighted by Crippen LogP contribution is -2.27. The highest BCUT2D eigenvalue weighted by Crippen LogP contribution is 2.28. The van der Waals surface area contributed by atoms with Crippen LogP contribution in [0.15, 0.2) is 30.3 Å². The Morgan fingerprint density at radius 3 is 2.29 bits per heavy atom. The molecule has 0 fully saturated rings. The summed E-state index contributed by atoms with van der Waals surface area (Å²) < 4.78 is 0. The van der Waals surface area contributed by atoms with Gasteiger partial charge in [-0.2, -0.15) is 0 Å². The maximum atomic E-state index is 11.1. The number of carbonyl (C=O) groups is 1. The number of hydrogen-bond acceptors (Lipinski definition) is 1. The van der Waals surface area contributed by atoms with E-state index in [9.17, 15) is 4.79 Å². The van der Waals surface area contributed by atoms with Crippen molar-refractivity contribution in [1.29, 1.82) is 0 Å². The number of carbonyl (C=O) groups excluding carboxylic acids is 1. The first kappa shape index (κ1) is 11.0. The van der Waals surface area contributed by atoms with Crippen LogP contribution in [0.2, 0.25) is 0 Å². The molecule has 1 rings (SSSR count). The molecule has 0 aliphatic heterocycles. The molecule has 0 saturated heterocycles. The van der Waals surface area contributed by atoms with Crippen molar-refractivity contribution in [2.75, 3.05) is 0 Å². The van der Waals surface area contributed by atoms with Crippen LogP contribution >= 0.6 is 0 Å². The molecule has 0 N–H and O–H groups in total. The van der Waals surface area contributed by atoms with Crippen molar-refractivity contribution in [2.24, 2.45) is 11.3 Å². The third kappa shape index (κ3) is 2.44. The van der Waals surface area contributed by atoms with Gasteiger partial charge in [0.2, 0.25) is 0 Å². The van der Waals surface area contributed by atoms with Gasteiger partial charge in [-0.1, -0.05) is 51.1 Å². The summed E-state index contributed by atoms with van der Waals surface area (Å²) in [6.07, 6.45) is 1.92. The summed E-state index contributed by atoms with van der Waals surface area (Å²) in [5.74, 6) is 0.375. The van der Waals surface area contributed by atoms with E-state index in [2.05, 4.69) is 26.0 Å². The lowest BCUT2D eigenvalue weighted by atomic mass is 9.76. The Morgan fingerprint density at radius 2 is 1.86 bits per heavy atom. The fourth-order valence-corrected chi connectivity index (χ4v) is 1.42. The van der Waals surface area contributed by atoms with Crippen molar-refractivity contribution in [3.05, 3.63) is 35.9 Å². The third-order valence-electron chi connectivity index (χ3n) is 3.02. The van der Waals surface area contributed by atoms with Gasteiger partial charge in [-0.05, 0) is 17.9 Å². The van der Waals surface area contributed by atoms with Crippen LogP contribution in [-0.2, 0) is 11.2 Å². The Labute approximate surface area is 86.1 Å². The zero-order chi connectivity index (χ0) is 10.6. The molecule has 0 aromatic heterocycles. The Morgan fingerprint density at radius 1 is 1.29 bits per heavy atom. The molecule has 0 aliphatic carbocycles. The molecule has 1 heteroatoms. The van der Waals surface area contributed by atoms with Gasteiger partial charge in [0.1, 0.15) is 6.29 Å². The number of hydrogen-bond donors (Lipinski definition) is 0. The van der Waals surface area contributed by atoms with Gasteiger partial charge in [-0.25, -0.2) is 0 Å². The maximum Gasteiger partial charge on any atom is 0.126 e. The van der Waals surface area contributed by atoms with Crippen molar-refractivity contribution < 1.29 is 4.79 Å². The van der Waals surface area contributed by atoms with Gasteiger partial charge >= 0.3 is 0 Å². The summed E-state index contributed by atoms with van der Waals surface area (Å²) in [5.41, 5.74) is 0.997. The van der Waals surface area contributed by atoms with E-state index < -0.39 is 0 Å². The Balaban J connectivity index is 2.81. The minimum absolute atomic E-state index is 0.235. The summed E-state index contributed by atoms with van der Waals surface area (Å²) in [4.78, 5) is 11.1. The third-order valence-corrected chi connectivity index (χ3v) is 3.02. The number of benzene rings is 1.